The molecule has 1 fully saturated rings. The van der Waals surface area contributed by atoms with Gasteiger partial charge in [0, 0.05) is 13.1 Å². The van der Waals surface area contributed by atoms with Crippen LogP contribution in [0.5, 0.6) is 0 Å². The molecular formula is C11H14FN3O. The number of aromatic nitrogens is 1. The average molecular weight is 223 g/mol. The molecule has 2 rings (SSSR count). The van der Waals surface area contributed by atoms with Crippen LogP contribution in [0.4, 0.5) is 10.2 Å². The number of carbonyl (C=O) groups is 1. The molecule has 0 aliphatic carbocycles. The Balaban J connectivity index is 2.12. The van der Waals surface area contributed by atoms with Gasteiger partial charge in [0.05, 0.1) is 5.92 Å². The summed E-state index contributed by atoms with van der Waals surface area (Å²) in [5.74, 6) is -0.371. The van der Waals surface area contributed by atoms with Gasteiger partial charge in [-0.25, -0.2) is 4.98 Å². The van der Waals surface area contributed by atoms with E-state index in [0.717, 1.165) is 19.4 Å². The van der Waals surface area contributed by atoms with Crippen molar-refractivity contribution < 1.29 is 9.18 Å². The molecule has 4 nitrogen and oxygen atoms in total. The zero-order valence-electron chi connectivity index (χ0n) is 8.90. The molecule has 1 aliphatic heterocycles. The van der Waals surface area contributed by atoms with Gasteiger partial charge in [-0.2, -0.15) is 4.39 Å². The van der Waals surface area contributed by atoms with Crippen LogP contribution in [-0.4, -0.2) is 24.0 Å². The summed E-state index contributed by atoms with van der Waals surface area (Å²) in [5, 5.41) is 0. The molecule has 5 heteroatoms. The van der Waals surface area contributed by atoms with E-state index in [4.69, 9.17) is 5.73 Å². The summed E-state index contributed by atoms with van der Waals surface area (Å²) in [7, 11) is 0. The van der Waals surface area contributed by atoms with E-state index >= 15 is 0 Å². The predicted molar refractivity (Wildman–Crippen MR) is 58.3 cm³/mol. The van der Waals surface area contributed by atoms with Crippen LogP contribution in [0.25, 0.3) is 0 Å². The maximum Gasteiger partial charge on any atom is 0.222 e. The van der Waals surface area contributed by atoms with Crippen LogP contribution in [0.2, 0.25) is 0 Å². The fourth-order valence-electron chi connectivity index (χ4n) is 1.99. The Morgan fingerprint density at radius 3 is 3.06 bits per heavy atom. The minimum absolute atomic E-state index is 0.154. The number of piperidine rings is 1. The standard InChI is InChI=1S/C11H14FN3O/c12-9-4-1-5-10(14-9)15-6-2-3-8(7-15)11(13)16/h1,4-5,8H,2-3,6-7H2,(H2,13,16). The summed E-state index contributed by atoms with van der Waals surface area (Å²) in [5.41, 5.74) is 5.28. The lowest BCUT2D eigenvalue weighted by atomic mass is 9.97. The highest BCUT2D eigenvalue weighted by molar-refractivity contribution is 5.77. The summed E-state index contributed by atoms with van der Waals surface area (Å²) < 4.78 is 12.9. The first kappa shape index (κ1) is 10.9. The normalized spacial score (nSPS) is 20.8. The zero-order chi connectivity index (χ0) is 11.5. The van der Waals surface area contributed by atoms with E-state index < -0.39 is 5.95 Å². The van der Waals surface area contributed by atoms with Gasteiger partial charge in [-0.15, -0.1) is 0 Å². The molecule has 0 saturated carbocycles. The average Bonchev–Trinajstić information content (AvgIpc) is 2.29. The lowest BCUT2D eigenvalue weighted by Crippen LogP contribution is -2.41. The number of hydrogen-bond donors (Lipinski definition) is 1. The molecule has 1 atom stereocenters. The second kappa shape index (κ2) is 4.47. The first-order chi connectivity index (χ1) is 7.66. The van der Waals surface area contributed by atoms with Gasteiger partial charge in [-0.05, 0) is 25.0 Å². The quantitative estimate of drug-likeness (QED) is 0.758. The Morgan fingerprint density at radius 2 is 2.38 bits per heavy atom. The van der Waals surface area contributed by atoms with Crippen LogP contribution in [0.3, 0.4) is 0 Å². The van der Waals surface area contributed by atoms with Gasteiger partial charge in [0.1, 0.15) is 5.82 Å². The van der Waals surface area contributed by atoms with Gasteiger partial charge >= 0.3 is 0 Å². The number of carbonyl (C=O) groups excluding carboxylic acids is 1. The molecule has 1 saturated heterocycles. The highest BCUT2D eigenvalue weighted by Gasteiger charge is 2.24. The maximum absolute atomic E-state index is 12.9. The van der Waals surface area contributed by atoms with Crippen molar-refractivity contribution in [1.29, 1.82) is 0 Å². The van der Waals surface area contributed by atoms with E-state index in [1.165, 1.54) is 6.07 Å². The summed E-state index contributed by atoms with van der Waals surface area (Å²) >= 11 is 0. The Morgan fingerprint density at radius 1 is 1.56 bits per heavy atom. The smallest absolute Gasteiger partial charge is 0.222 e. The maximum atomic E-state index is 12.9. The van der Waals surface area contributed by atoms with Gasteiger partial charge in [-0.3, -0.25) is 4.79 Å². The second-order valence-corrected chi connectivity index (χ2v) is 4.01. The summed E-state index contributed by atoms with van der Waals surface area (Å²) in [4.78, 5) is 16.8. The molecule has 1 unspecified atom stereocenters. The summed E-state index contributed by atoms with van der Waals surface area (Å²) in [6.07, 6.45) is 1.69. The van der Waals surface area contributed by atoms with Crippen molar-refractivity contribution in [2.75, 3.05) is 18.0 Å². The first-order valence-electron chi connectivity index (χ1n) is 5.33. The molecule has 16 heavy (non-hydrogen) atoms. The number of pyridine rings is 1. The number of anilines is 1. The Kier molecular flexibility index (Phi) is 3.03. The van der Waals surface area contributed by atoms with Crippen molar-refractivity contribution in [3.05, 3.63) is 24.1 Å². The molecule has 2 heterocycles. The number of nitrogens with two attached hydrogens (primary N) is 1. The highest BCUT2D eigenvalue weighted by Crippen LogP contribution is 2.21. The summed E-state index contributed by atoms with van der Waals surface area (Å²) in [6, 6.07) is 4.66. The predicted octanol–water partition coefficient (Wildman–Crippen LogP) is 0.922. The third-order valence-electron chi connectivity index (χ3n) is 2.85. The highest BCUT2D eigenvalue weighted by atomic mass is 19.1. The molecule has 1 aromatic heterocycles. The molecule has 1 aromatic rings. The molecular weight excluding hydrogens is 209 g/mol. The first-order valence-corrected chi connectivity index (χ1v) is 5.33. The number of hydrogen-bond acceptors (Lipinski definition) is 3. The van der Waals surface area contributed by atoms with Crippen molar-refractivity contribution in [2.24, 2.45) is 11.7 Å². The minimum Gasteiger partial charge on any atom is -0.369 e. The van der Waals surface area contributed by atoms with Gasteiger partial charge in [0.25, 0.3) is 0 Å². The van der Waals surface area contributed by atoms with Crippen molar-refractivity contribution in [3.63, 3.8) is 0 Å². The lowest BCUT2D eigenvalue weighted by Gasteiger charge is -2.31. The molecule has 0 aromatic carbocycles. The molecule has 0 bridgehead atoms. The number of rotatable bonds is 2. The van der Waals surface area contributed by atoms with E-state index in [1.807, 2.05) is 4.90 Å². The summed E-state index contributed by atoms with van der Waals surface area (Å²) in [6.45, 7) is 1.33. The van der Waals surface area contributed by atoms with E-state index in [0.29, 0.717) is 12.4 Å². The van der Waals surface area contributed by atoms with Crippen LogP contribution >= 0.6 is 0 Å². The van der Waals surface area contributed by atoms with E-state index in [1.54, 1.807) is 12.1 Å². The molecule has 86 valence electrons. The van der Waals surface area contributed by atoms with Crippen molar-refractivity contribution >= 4 is 11.7 Å². The van der Waals surface area contributed by atoms with Crippen molar-refractivity contribution in [2.45, 2.75) is 12.8 Å². The topological polar surface area (TPSA) is 59.2 Å². The monoisotopic (exact) mass is 223 g/mol. The molecule has 1 amide bonds. The second-order valence-electron chi connectivity index (χ2n) is 4.01. The molecule has 0 radical (unpaired) electrons. The number of nitrogens with zero attached hydrogens (tertiary/aromatic N) is 2. The molecule has 1 aliphatic rings. The Bertz CT molecular complexity index is 397. The van der Waals surface area contributed by atoms with E-state index in [2.05, 4.69) is 4.98 Å². The van der Waals surface area contributed by atoms with Crippen LogP contribution in [-0.2, 0) is 4.79 Å². The van der Waals surface area contributed by atoms with Crippen LogP contribution < -0.4 is 10.6 Å². The van der Waals surface area contributed by atoms with Gasteiger partial charge in [0.2, 0.25) is 11.9 Å². The Hall–Kier alpha value is -1.65. The number of amides is 1. The van der Waals surface area contributed by atoms with Gasteiger partial charge in [-0.1, -0.05) is 6.07 Å². The van der Waals surface area contributed by atoms with Gasteiger partial charge < -0.3 is 10.6 Å². The van der Waals surface area contributed by atoms with Gasteiger partial charge in [0.15, 0.2) is 0 Å². The number of primary amides is 1. The fraction of sp³-hybridized carbons (Fsp3) is 0.455. The molecule has 0 spiro atoms. The zero-order valence-corrected chi connectivity index (χ0v) is 8.90. The van der Waals surface area contributed by atoms with Crippen molar-refractivity contribution in [3.8, 4) is 0 Å². The van der Waals surface area contributed by atoms with Crippen LogP contribution in [0, 0.1) is 11.9 Å². The third-order valence-corrected chi connectivity index (χ3v) is 2.85. The van der Waals surface area contributed by atoms with E-state index in [9.17, 15) is 9.18 Å². The minimum atomic E-state index is -0.501. The van der Waals surface area contributed by atoms with Crippen molar-refractivity contribution in [1.82, 2.24) is 4.98 Å². The molecule has 2 N–H and O–H groups in total. The third kappa shape index (κ3) is 2.29. The van der Waals surface area contributed by atoms with Crippen LogP contribution in [0.15, 0.2) is 18.2 Å². The Labute approximate surface area is 93.3 Å². The van der Waals surface area contributed by atoms with Crippen LogP contribution in [0.1, 0.15) is 12.8 Å². The lowest BCUT2D eigenvalue weighted by molar-refractivity contribution is -0.122. The largest absolute Gasteiger partial charge is 0.369 e. The SMILES string of the molecule is NC(=O)C1CCCN(c2cccc(F)n2)C1. The fourth-order valence-corrected chi connectivity index (χ4v) is 1.99. The van der Waals surface area contributed by atoms with E-state index in [-0.39, 0.29) is 11.8 Å². The number of halogens is 1.